The van der Waals surface area contributed by atoms with Gasteiger partial charge in [0.2, 0.25) is 0 Å². The summed E-state index contributed by atoms with van der Waals surface area (Å²) >= 11 is 0. The standard InChI is InChI=1S/C25H21F2N5O/c1-33-22-5-4-17(9-21(22)27)24-23-19(16-2-3-18(10-28)20(26)8-16)13-32(25(23)31-14-30-24)12-15-6-7-29-11-15/h2-5,8-9,13-15,29H,6-7,11-12H2,1H3. The molecular weight excluding hydrogens is 424 g/mol. The molecule has 2 aromatic heterocycles. The van der Waals surface area contributed by atoms with Crippen LogP contribution < -0.4 is 10.1 Å². The topological polar surface area (TPSA) is 75.8 Å². The molecule has 2 aromatic carbocycles. The van der Waals surface area contributed by atoms with Gasteiger partial charge in [-0.25, -0.2) is 18.7 Å². The van der Waals surface area contributed by atoms with Gasteiger partial charge in [-0.15, -0.1) is 0 Å². The number of aromatic nitrogens is 3. The van der Waals surface area contributed by atoms with Crippen LogP contribution in [0.2, 0.25) is 0 Å². The van der Waals surface area contributed by atoms with E-state index in [0.29, 0.717) is 33.8 Å². The van der Waals surface area contributed by atoms with Gasteiger partial charge in [-0.05, 0) is 61.3 Å². The molecule has 8 heteroatoms. The molecule has 0 amide bonds. The maximum atomic E-state index is 14.5. The fourth-order valence-electron chi connectivity index (χ4n) is 4.44. The third kappa shape index (κ3) is 3.81. The Morgan fingerprint density at radius 2 is 1.97 bits per heavy atom. The second-order valence-corrected chi connectivity index (χ2v) is 8.13. The third-order valence-electron chi connectivity index (χ3n) is 6.10. The summed E-state index contributed by atoms with van der Waals surface area (Å²) in [5.74, 6) is -0.498. The summed E-state index contributed by atoms with van der Waals surface area (Å²) in [6.07, 6.45) is 4.47. The lowest BCUT2D eigenvalue weighted by Gasteiger charge is -2.11. The van der Waals surface area contributed by atoms with Gasteiger partial charge in [-0.2, -0.15) is 5.26 Å². The predicted molar refractivity (Wildman–Crippen MR) is 121 cm³/mol. The number of nitriles is 1. The molecule has 1 fully saturated rings. The summed E-state index contributed by atoms with van der Waals surface area (Å²) in [5, 5.41) is 13.2. The fraction of sp³-hybridized carbons (Fsp3) is 0.240. The van der Waals surface area contributed by atoms with Crippen molar-refractivity contribution in [1.29, 1.82) is 5.26 Å². The van der Waals surface area contributed by atoms with Crippen molar-refractivity contribution in [3.63, 3.8) is 0 Å². The zero-order valence-electron chi connectivity index (χ0n) is 18.0. The second-order valence-electron chi connectivity index (χ2n) is 8.13. The minimum atomic E-state index is -0.593. The van der Waals surface area contributed by atoms with Crippen LogP contribution in [0.1, 0.15) is 12.0 Å². The van der Waals surface area contributed by atoms with E-state index in [-0.39, 0.29) is 11.3 Å². The molecule has 6 nitrogen and oxygen atoms in total. The molecule has 1 aliphatic heterocycles. The first-order chi connectivity index (χ1) is 16.1. The molecule has 5 rings (SSSR count). The van der Waals surface area contributed by atoms with Crippen molar-refractivity contribution in [2.24, 2.45) is 5.92 Å². The average Bonchev–Trinajstić information content (AvgIpc) is 3.47. The molecule has 3 heterocycles. The van der Waals surface area contributed by atoms with E-state index in [2.05, 4.69) is 19.9 Å². The highest BCUT2D eigenvalue weighted by atomic mass is 19.1. The van der Waals surface area contributed by atoms with Crippen molar-refractivity contribution in [3.05, 3.63) is 66.1 Å². The van der Waals surface area contributed by atoms with Crippen LogP contribution >= 0.6 is 0 Å². The lowest BCUT2D eigenvalue weighted by molar-refractivity contribution is 0.386. The van der Waals surface area contributed by atoms with Gasteiger partial charge in [-0.1, -0.05) is 6.07 Å². The van der Waals surface area contributed by atoms with Crippen LogP contribution in [0.4, 0.5) is 8.78 Å². The van der Waals surface area contributed by atoms with Crippen LogP contribution in [-0.2, 0) is 6.54 Å². The van der Waals surface area contributed by atoms with E-state index in [1.165, 1.54) is 31.6 Å². The summed E-state index contributed by atoms with van der Waals surface area (Å²) < 4.78 is 36.1. The Morgan fingerprint density at radius 1 is 1.15 bits per heavy atom. The largest absolute Gasteiger partial charge is 0.494 e. The van der Waals surface area contributed by atoms with Crippen LogP contribution in [0.5, 0.6) is 5.75 Å². The smallest absolute Gasteiger partial charge is 0.165 e. The Kier molecular flexibility index (Phi) is 5.48. The third-order valence-corrected chi connectivity index (χ3v) is 6.10. The normalized spacial score (nSPS) is 15.6. The maximum Gasteiger partial charge on any atom is 0.165 e. The number of ether oxygens (including phenoxy) is 1. The lowest BCUT2D eigenvalue weighted by Crippen LogP contribution is -2.14. The molecule has 1 unspecified atom stereocenters. The number of halogens is 2. The number of hydrogen-bond donors (Lipinski definition) is 1. The van der Waals surface area contributed by atoms with E-state index < -0.39 is 11.6 Å². The van der Waals surface area contributed by atoms with Crippen LogP contribution in [0.15, 0.2) is 48.9 Å². The Hall–Kier alpha value is -3.83. The molecule has 1 atom stereocenters. The van der Waals surface area contributed by atoms with Gasteiger partial charge in [0.15, 0.2) is 11.6 Å². The lowest BCUT2D eigenvalue weighted by atomic mass is 10.00. The summed E-state index contributed by atoms with van der Waals surface area (Å²) in [5.41, 5.74) is 3.12. The molecule has 1 aliphatic rings. The van der Waals surface area contributed by atoms with E-state index in [0.717, 1.165) is 31.6 Å². The summed E-state index contributed by atoms with van der Waals surface area (Å²) in [4.78, 5) is 9.01. The van der Waals surface area contributed by atoms with Gasteiger partial charge in [0.05, 0.1) is 23.8 Å². The maximum absolute atomic E-state index is 14.5. The molecule has 1 saturated heterocycles. The van der Waals surface area contributed by atoms with E-state index in [9.17, 15) is 8.78 Å². The van der Waals surface area contributed by atoms with Gasteiger partial charge in [-0.3, -0.25) is 0 Å². The molecule has 4 aromatic rings. The van der Waals surface area contributed by atoms with Crippen LogP contribution in [0.3, 0.4) is 0 Å². The van der Waals surface area contributed by atoms with Gasteiger partial charge in [0.25, 0.3) is 0 Å². The first kappa shape index (κ1) is 21.0. The number of methoxy groups -OCH3 is 1. The molecule has 0 radical (unpaired) electrons. The number of rotatable bonds is 5. The molecular formula is C25H21F2N5O. The minimum absolute atomic E-state index is 0.0202. The Bertz CT molecular complexity index is 1390. The average molecular weight is 445 g/mol. The molecule has 33 heavy (non-hydrogen) atoms. The highest BCUT2D eigenvalue weighted by molar-refractivity contribution is 6.03. The summed E-state index contributed by atoms with van der Waals surface area (Å²) in [6, 6.07) is 11.1. The van der Waals surface area contributed by atoms with Gasteiger partial charge >= 0.3 is 0 Å². The van der Waals surface area contributed by atoms with Crippen molar-refractivity contribution < 1.29 is 13.5 Å². The molecule has 0 aliphatic carbocycles. The Morgan fingerprint density at radius 3 is 2.67 bits per heavy atom. The quantitative estimate of drug-likeness (QED) is 0.488. The monoisotopic (exact) mass is 445 g/mol. The van der Waals surface area contributed by atoms with Crippen LogP contribution in [0, 0.1) is 28.9 Å². The van der Waals surface area contributed by atoms with Crippen molar-refractivity contribution >= 4 is 11.0 Å². The van der Waals surface area contributed by atoms with Gasteiger partial charge < -0.3 is 14.6 Å². The SMILES string of the molecule is COc1ccc(-c2ncnc3c2c(-c2ccc(C#N)c(F)c2)cn3CC2CCNC2)cc1F. The zero-order valence-corrected chi connectivity index (χ0v) is 18.0. The van der Waals surface area contributed by atoms with E-state index in [1.807, 2.05) is 12.3 Å². The predicted octanol–water partition coefficient (Wildman–Crippen LogP) is 4.53. The van der Waals surface area contributed by atoms with Crippen molar-refractivity contribution in [3.8, 4) is 34.2 Å². The Balaban J connectivity index is 1.73. The van der Waals surface area contributed by atoms with Crippen LogP contribution in [0.25, 0.3) is 33.4 Å². The highest BCUT2D eigenvalue weighted by Crippen LogP contribution is 2.37. The molecule has 1 N–H and O–H groups in total. The summed E-state index contributed by atoms with van der Waals surface area (Å²) in [6.45, 7) is 2.64. The number of hydrogen-bond acceptors (Lipinski definition) is 5. The van der Waals surface area contributed by atoms with E-state index in [4.69, 9.17) is 10.00 Å². The number of benzene rings is 2. The van der Waals surface area contributed by atoms with Gasteiger partial charge in [0.1, 0.15) is 23.9 Å². The first-order valence-electron chi connectivity index (χ1n) is 10.7. The Labute approximate surface area is 189 Å². The number of fused-ring (bicyclic) bond motifs is 1. The molecule has 0 bridgehead atoms. The summed E-state index contributed by atoms with van der Waals surface area (Å²) in [7, 11) is 1.41. The van der Waals surface area contributed by atoms with Crippen molar-refractivity contribution in [1.82, 2.24) is 19.9 Å². The van der Waals surface area contributed by atoms with Crippen molar-refractivity contribution in [2.45, 2.75) is 13.0 Å². The van der Waals surface area contributed by atoms with Crippen LogP contribution in [-0.4, -0.2) is 34.7 Å². The zero-order chi connectivity index (χ0) is 22.9. The van der Waals surface area contributed by atoms with E-state index >= 15 is 0 Å². The highest BCUT2D eigenvalue weighted by Gasteiger charge is 2.22. The first-order valence-corrected chi connectivity index (χ1v) is 10.7. The number of nitrogens with zero attached hydrogens (tertiary/aromatic N) is 4. The second kappa shape index (κ2) is 8.60. The van der Waals surface area contributed by atoms with E-state index in [1.54, 1.807) is 18.2 Å². The van der Waals surface area contributed by atoms with Crippen molar-refractivity contribution in [2.75, 3.05) is 20.2 Å². The fourth-order valence-corrected chi connectivity index (χ4v) is 4.44. The molecule has 166 valence electrons. The van der Waals surface area contributed by atoms with Gasteiger partial charge in [0, 0.05) is 23.9 Å². The minimum Gasteiger partial charge on any atom is -0.494 e. The number of nitrogens with one attached hydrogen (secondary N) is 1. The molecule has 0 saturated carbocycles. The molecule has 0 spiro atoms.